The van der Waals surface area contributed by atoms with Gasteiger partial charge in [-0.3, -0.25) is 0 Å². The Kier molecular flexibility index (Phi) is 3.41. The van der Waals surface area contributed by atoms with E-state index in [1.54, 1.807) is 6.33 Å². The molecule has 1 saturated carbocycles. The summed E-state index contributed by atoms with van der Waals surface area (Å²) in [6.45, 7) is 4.38. The molecule has 2 N–H and O–H groups in total. The van der Waals surface area contributed by atoms with Gasteiger partial charge >= 0.3 is 0 Å². The fraction of sp³-hybridized carbons (Fsp3) is 0.750. The molecule has 0 atom stereocenters. The van der Waals surface area contributed by atoms with E-state index in [1.807, 2.05) is 6.20 Å². The summed E-state index contributed by atoms with van der Waals surface area (Å²) in [7, 11) is 0. The first-order chi connectivity index (χ1) is 7.35. The van der Waals surface area contributed by atoms with Gasteiger partial charge in [0.15, 0.2) is 0 Å². The third kappa shape index (κ3) is 2.59. The molecule has 0 bridgehead atoms. The Morgan fingerprint density at radius 1 is 1.53 bits per heavy atom. The highest BCUT2D eigenvalue weighted by Gasteiger charge is 2.35. The molecule has 84 valence electrons. The number of H-pyrrole nitrogens is 1. The van der Waals surface area contributed by atoms with Crippen molar-refractivity contribution in [2.45, 2.75) is 45.6 Å². The Morgan fingerprint density at radius 2 is 2.40 bits per heavy atom. The van der Waals surface area contributed by atoms with Crippen LogP contribution in [0.4, 0.5) is 0 Å². The normalized spacial score (nSPS) is 18.7. The molecular formula is C12H21N3. The first-order valence-electron chi connectivity index (χ1n) is 6.03. The summed E-state index contributed by atoms with van der Waals surface area (Å²) >= 11 is 0. The molecule has 0 radical (unpaired) electrons. The molecule has 3 nitrogen and oxygen atoms in total. The molecular weight excluding hydrogens is 186 g/mol. The van der Waals surface area contributed by atoms with Gasteiger partial charge < -0.3 is 10.3 Å². The van der Waals surface area contributed by atoms with E-state index in [1.165, 1.54) is 44.3 Å². The van der Waals surface area contributed by atoms with Gasteiger partial charge in [0.1, 0.15) is 0 Å². The topological polar surface area (TPSA) is 40.7 Å². The van der Waals surface area contributed by atoms with Gasteiger partial charge in [0.05, 0.1) is 6.33 Å². The highest BCUT2D eigenvalue weighted by atomic mass is 14.9. The van der Waals surface area contributed by atoms with Gasteiger partial charge in [-0.05, 0) is 24.7 Å². The van der Waals surface area contributed by atoms with Crippen LogP contribution in [-0.2, 0) is 6.54 Å². The average molecular weight is 207 g/mol. The van der Waals surface area contributed by atoms with Crippen LogP contribution in [0.2, 0.25) is 0 Å². The van der Waals surface area contributed by atoms with Gasteiger partial charge in [0.25, 0.3) is 0 Å². The van der Waals surface area contributed by atoms with Gasteiger partial charge in [-0.15, -0.1) is 0 Å². The summed E-state index contributed by atoms with van der Waals surface area (Å²) < 4.78 is 0. The average Bonchev–Trinajstić information content (AvgIpc) is 2.67. The van der Waals surface area contributed by atoms with E-state index in [0.29, 0.717) is 5.41 Å². The Bertz CT molecular complexity index is 275. The predicted molar refractivity (Wildman–Crippen MR) is 61.5 cm³/mol. The van der Waals surface area contributed by atoms with E-state index >= 15 is 0 Å². The molecule has 3 heteroatoms. The van der Waals surface area contributed by atoms with Gasteiger partial charge in [0, 0.05) is 25.0 Å². The molecule has 0 spiro atoms. The minimum Gasteiger partial charge on any atom is -0.347 e. The maximum atomic E-state index is 4.01. The minimum atomic E-state index is 0.620. The molecule has 0 unspecified atom stereocenters. The van der Waals surface area contributed by atoms with Crippen LogP contribution in [0.3, 0.4) is 0 Å². The monoisotopic (exact) mass is 207 g/mol. The van der Waals surface area contributed by atoms with Crippen molar-refractivity contribution in [3.63, 3.8) is 0 Å². The molecule has 2 rings (SSSR count). The van der Waals surface area contributed by atoms with Crippen LogP contribution in [0.5, 0.6) is 0 Å². The van der Waals surface area contributed by atoms with Gasteiger partial charge in [-0.2, -0.15) is 0 Å². The third-order valence-corrected chi connectivity index (χ3v) is 3.56. The summed E-state index contributed by atoms with van der Waals surface area (Å²) in [5, 5.41) is 3.54. The van der Waals surface area contributed by atoms with E-state index < -0.39 is 0 Å². The number of nitrogens with one attached hydrogen (secondary N) is 2. The molecule has 0 amide bonds. The van der Waals surface area contributed by atoms with Crippen molar-refractivity contribution in [1.29, 1.82) is 0 Å². The number of aromatic nitrogens is 2. The molecule has 15 heavy (non-hydrogen) atoms. The van der Waals surface area contributed by atoms with Gasteiger partial charge in [-0.25, -0.2) is 4.98 Å². The molecule has 1 fully saturated rings. The highest BCUT2D eigenvalue weighted by molar-refractivity contribution is 4.95. The quantitative estimate of drug-likeness (QED) is 0.752. The minimum absolute atomic E-state index is 0.620. The summed E-state index contributed by atoms with van der Waals surface area (Å²) in [5.74, 6) is 0. The molecule has 1 aliphatic rings. The van der Waals surface area contributed by atoms with Crippen LogP contribution in [0.1, 0.15) is 44.7 Å². The van der Waals surface area contributed by atoms with Crippen molar-refractivity contribution in [1.82, 2.24) is 15.3 Å². The Labute approximate surface area is 91.7 Å². The summed E-state index contributed by atoms with van der Waals surface area (Å²) in [4.78, 5) is 7.13. The SMILES string of the molecule is CCCC1(CNCc2cnc[nH]2)CCC1. The van der Waals surface area contributed by atoms with E-state index in [4.69, 9.17) is 0 Å². The zero-order valence-corrected chi connectivity index (χ0v) is 9.55. The lowest BCUT2D eigenvalue weighted by atomic mass is 9.66. The lowest BCUT2D eigenvalue weighted by Crippen LogP contribution is -2.39. The Hall–Kier alpha value is -0.830. The predicted octanol–water partition coefficient (Wildman–Crippen LogP) is 2.47. The van der Waals surface area contributed by atoms with E-state index in [0.717, 1.165) is 6.54 Å². The molecule has 0 aliphatic heterocycles. The number of hydrogen-bond acceptors (Lipinski definition) is 2. The smallest absolute Gasteiger partial charge is 0.0922 e. The molecule has 1 aromatic rings. The largest absolute Gasteiger partial charge is 0.347 e. The van der Waals surface area contributed by atoms with Crippen molar-refractivity contribution in [2.24, 2.45) is 5.41 Å². The van der Waals surface area contributed by atoms with Crippen LogP contribution < -0.4 is 5.32 Å². The second-order valence-corrected chi connectivity index (χ2v) is 4.78. The first kappa shape index (κ1) is 10.7. The third-order valence-electron chi connectivity index (χ3n) is 3.56. The van der Waals surface area contributed by atoms with Gasteiger partial charge in [0.2, 0.25) is 0 Å². The molecule has 0 aromatic carbocycles. The lowest BCUT2D eigenvalue weighted by molar-refractivity contribution is 0.115. The second-order valence-electron chi connectivity index (χ2n) is 4.78. The number of rotatable bonds is 6. The fourth-order valence-corrected chi connectivity index (χ4v) is 2.57. The Morgan fingerprint density at radius 3 is 2.93 bits per heavy atom. The van der Waals surface area contributed by atoms with Crippen LogP contribution >= 0.6 is 0 Å². The summed E-state index contributed by atoms with van der Waals surface area (Å²) in [5.41, 5.74) is 1.80. The van der Waals surface area contributed by atoms with Crippen molar-refractivity contribution in [3.05, 3.63) is 18.2 Å². The fourth-order valence-electron chi connectivity index (χ4n) is 2.57. The van der Waals surface area contributed by atoms with E-state index in [2.05, 4.69) is 22.2 Å². The molecule has 0 saturated heterocycles. The van der Waals surface area contributed by atoms with Crippen LogP contribution in [0.25, 0.3) is 0 Å². The zero-order chi connectivity index (χ0) is 10.6. The van der Waals surface area contributed by atoms with Crippen molar-refractivity contribution in [2.75, 3.05) is 6.54 Å². The summed E-state index contributed by atoms with van der Waals surface area (Å²) in [6.07, 6.45) is 10.6. The van der Waals surface area contributed by atoms with Crippen LogP contribution in [0.15, 0.2) is 12.5 Å². The standard InChI is InChI=1S/C12H21N3/c1-2-4-12(5-3-6-12)9-13-7-11-8-14-10-15-11/h8,10,13H,2-7,9H2,1H3,(H,14,15). The highest BCUT2D eigenvalue weighted by Crippen LogP contribution is 2.44. The lowest BCUT2D eigenvalue weighted by Gasteiger charge is -2.42. The molecule has 1 heterocycles. The zero-order valence-electron chi connectivity index (χ0n) is 9.55. The van der Waals surface area contributed by atoms with E-state index in [-0.39, 0.29) is 0 Å². The maximum Gasteiger partial charge on any atom is 0.0922 e. The van der Waals surface area contributed by atoms with Crippen molar-refractivity contribution >= 4 is 0 Å². The number of hydrogen-bond donors (Lipinski definition) is 2. The van der Waals surface area contributed by atoms with Crippen LogP contribution in [-0.4, -0.2) is 16.5 Å². The maximum absolute atomic E-state index is 4.01. The van der Waals surface area contributed by atoms with Gasteiger partial charge in [-0.1, -0.05) is 19.8 Å². The Balaban J connectivity index is 1.72. The first-order valence-corrected chi connectivity index (χ1v) is 6.03. The number of aromatic amines is 1. The van der Waals surface area contributed by atoms with E-state index in [9.17, 15) is 0 Å². The number of nitrogens with zero attached hydrogens (tertiary/aromatic N) is 1. The molecule has 1 aliphatic carbocycles. The molecule has 1 aromatic heterocycles. The van der Waals surface area contributed by atoms with Crippen molar-refractivity contribution in [3.8, 4) is 0 Å². The number of imidazole rings is 1. The van der Waals surface area contributed by atoms with Crippen LogP contribution in [0, 0.1) is 5.41 Å². The summed E-state index contributed by atoms with van der Waals surface area (Å²) in [6, 6.07) is 0. The van der Waals surface area contributed by atoms with Crippen molar-refractivity contribution < 1.29 is 0 Å². The second kappa shape index (κ2) is 4.79.